The molecule has 0 spiro atoms. The van der Waals surface area contributed by atoms with E-state index in [1.54, 1.807) is 21.4 Å². The summed E-state index contributed by atoms with van der Waals surface area (Å²) in [6, 6.07) is 18.5. The molecule has 0 saturated heterocycles. The van der Waals surface area contributed by atoms with E-state index in [9.17, 15) is 9.59 Å². The minimum atomic E-state index is -0.209. The molecular formula is C25H23N5O3. The molecule has 5 rings (SSSR count). The van der Waals surface area contributed by atoms with E-state index in [0.29, 0.717) is 29.8 Å². The van der Waals surface area contributed by atoms with Crippen molar-refractivity contribution in [2.45, 2.75) is 24.9 Å². The normalized spacial score (nSPS) is 17.3. The topological polar surface area (TPSA) is 104 Å². The summed E-state index contributed by atoms with van der Waals surface area (Å²) in [6.45, 7) is 3.48. The predicted octanol–water partition coefficient (Wildman–Crippen LogP) is 3.57. The van der Waals surface area contributed by atoms with Gasteiger partial charge in [-0.25, -0.2) is 9.78 Å². The monoisotopic (exact) mass is 441 g/mol. The van der Waals surface area contributed by atoms with Crippen molar-refractivity contribution >= 4 is 22.8 Å². The van der Waals surface area contributed by atoms with Crippen molar-refractivity contribution in [3.63, 3.8) is 0 Å². The van der Waals surface area contributed by atoms with Gasteiger partial charge in [-0.05, 0) is 61.4 Å². The molecule has 1 aliphatic carbocycles. The quantitative estimate of drug-likeness (QED) is 0.445. The van der Waals surface area contributed by atoms with Gasteiger partial charge in [-0.2, -0.15) is 0 Å². The lowest BCUT2D eigenvalue weighted by Crippen LogP contribution is -2.46. The molecule has 0 aliphatic heterocycles. The Hall–Kier alpha value is -4.33. The number of pyridine rings is 1. The first kappa shape index (κ1) is 20.6. The molecule has 1 saturated carbocycles. The van der Waals surface area contributed by atoms with Crippen LogP contribution in [-0.4, -0.2) is 26.1 Å². The number of nitrogen functional groups attached to an aromatic ring is 1. The molecule has 1 aliphatic rings. The molecule has 1 fully saturated rings. The second kappa shape index (κ2) is 8.31. The molecule has 2 aromatic carbocycles. The van der Waals surface area contributed by atoms with Crippen molar-refractivity contribution in [3.8, 4) is 17.2 Å². The maximum absolute atomic E-state index is 13.5. The van der Waals surface area contributed by atoms with E-state index in [1.165, 1.54) is 6.08 Å². The summed E-state index contributed by atoms with van der Waals surface area (Å²) in [5.74, 6) is 1.46. The Kier molecular flexibility index (Phi) is 5.18. The molecule has 8 heteroatoms. The first-order valence-corrected chi connectivity index (χ1v) is 10.7. The third-order valence-corrected chi connectivity index (χ3v) is 5.90. The van der Waals surface area contributed by atoms with Gasteiger partial charge in [0.25, 0.3) is 0 Å². The SMILES string of the molecule is C=CC(=O)N[C@H]1C[C@@H](n2c(=O)n(-c3ccc(Oc4ccccc4)cc3)c3c(N)nccc32)C1. The highest BCUT2D eigenvalue weighted by atomic mass is 16.5. The molecule has 4 aromatic rings. The lowest BCUT2D eigenvalue weighted by atomic mass is 9.86. The largest absolute Gasteiger partial charge is 0.457 e. The van der Waals surface area contributed by atoms with Crippen LogP contribution in [0.4, 0.5) is 5.82 Å². The van der Waals surface area contributed by atoms with Crippen LogP contribution in [-0.2, 0) is 4.79 Å². The van der Waals surface area contributed by atoms with E-state index in [1.807, 2.05) is 54.6 Å². The number of aromatic nitrogens is 3. The third-order valence-electron chi connectivity index (χ3n) is 5.90. The minimum Gasteiger partial charge on any atom is -0.457 e. The number of anilines is 1. The van der Waals surface area contributed by atoms with Crippen LogP contribution in [0.2, 0.25) is 0 Å². The highest BCUT2D eigenvalue weighted by Crippen LogP contribution is 2.35. The lowest BCUT2D eigenvalue weighted by molar-refractivity contribution is -0.117. The van der Waals surface area contributed by atoms with Crippen molar-refractivity contribution in [3.05, 3.63) is 90.0 Å². The molecule has 8 nitrogen and oxygen atoms in total. The zero-order valence-corrected chi connectivity index (χ0v) is 17.8. The van der Waals surface area contributed by atoms with Gasteiger partial charge in [-0.3, -0.25) is 13.9 Å². The number of hydrogen-bond acceptors (Lipinski definition) is 5. The molecule has 2 heterocycles. The number of nitrogens with two attached hydrogens (primary N) is 1. The highest BCUT2D eigenvalue weighted by molar-refractivity contribution is 5.88. The number of nitrogens with one attached hydrogen (secondary N) is 1. The molecule has 0 bridgehead atoms. The van der Waals surface area contributed by atoms with Gasteiger partial charge in [0.1, 0.15) is 22.8 Å². The molecule has 33 heavy (non-hydrogen) atoms. The second-order valence-corrected chi connectivity index (χ2v) is 8.00. The Balaban J connectivity index is 1.49. The Morgan fingerprint density at radius 2 is 1.79 bits per heavy atom. The Morgan fingerprint density at radius 3 is 2.48 bits per heavy atom. The number of hydrogen-bond donors (Lipinski definition) is 2. The third kappa shape index (κ3) is 3.76. The van der Waals surface area contributed by atoms with Gasteiger partial charge in [0.2, 0.25) is 5.91 Å². The first-order chi connectivity index (χ1) is 16.0. The number of fused-ring (bicyclic) bond motifs is 1. The van der Waals surface area contributed by atoms with Gasteiger partial charge in [0.15, 0.2) is 0 Å². The van der Waals surface area contributed by atoms with Gasteiger partial charge in [0.05, 0.1) is 11.2 Å². The number of carbonyl (C=O) groups is 1. The number of amides is 1. The zero-order valence-electron chi connectivity index (χ0n) is 17.8. The Labute approximate surface area is 189 Å². The zero-order chi connectivity index (χ0) is 22.9. The second-order valence-electron chi connectivity index (χ2n) is 8.00. The number of nitrogens with zero attached hydrogens (tertiary/aromatic N) is 3. The van der Waals surface area contributed by atoms with Gasteiger partial charge in [0, 0.05) is 18.3 Å². The average Bonchev–Trinajstić information content (AvgIpc) is 3.10. The fourth-order valence-electron chi connectivity index (χ4n) is 4.25. The average molecular weight is 441 g/mol. The number of para-hydroxylation sites is 1. The Morgan fingerprint density at radius 1 is 1.09 bits per heavy atom. The number of carbonyl (C=O) groups excluding carboxylic acids is 1. The van der Waals surface area contributed by atoms with Crippen LogP contribution in [0.5, 0.6) is 11.5 Å². The van der Waals surface area contributed by atoms with Gasteiger partial charge >= 0.3 is 5.69 Å². The fourth-order valence-corrected chi connectivity index (χ4v) is 4.25. The summed E-state index contributed by atoms with van der Waals surface area (Å²) < 4.78 is 9.19. The summed E-state index contributed by atoms with van der Waals surface area (Å²) >= 11 is 0. The lowest BCUT2D eigenvalue weighted by Gasteiger charge is -2.36. The number of ether oxygens (including phenoxy) is 1. The summed E-state index contributed by atoms with van der Waals surface area (Å²) in [5.41, 5.74) is 7.96. The van der Waals surface area contributed by atoms with Crippen LogP contribution in [0.25, 0.3) is 16.7 Å². The summed E-state index contributed by atoms with van der Waals surface area (Å²) in [6.07, 6.45) is 4.17. The van der Waals surface area contributed by atoms with Crippen molar-refractivity contribution in [1.82, 2.24) is 19.4 Å². The van der Waals surface area contributed by atoms with Crippen molar-refractivity contribution in [2.75, 3.05) is 5.73 Å². The standard InChI is InChI=1S/C25H23N5O3/c1-2-22(31)28-16-14-18(15-16)29-21-12-13-27-24(26)23(21)30(25(29)32)17-8-10-20(11-9-17)33-19-6-4-3-5-7-19/h2-13,16,18H,1,14-15H2,(H2,26,27)(H,28,31)/t16-,18+. The van der Waals surface area contributed by atoms with E-state index in [4.69, 9.17) is 10.5 Å². The molecule has 166 valence electrons. The fraction of sp³-hybridized carbons (Fsp3) is 0.160. The molecule has 0 atom stereocenters. The van der Waals surface area contributed by atoms with E-state index in [0.717, 1.165) is 11.3 Å². The van der Waals surface area contributed by atoms with Gasteiger partial charge in [-0.1, -0.05) is 24.8 Å². The van der Waals surface area contributed by atoms with Crippen LogP contribution in [0.3, 0.4) is 0 Å². The Bertz CT molecular complexity index is 1380. The van der Waals surface area contributed by atoms with Crippen molar-refractivity contribution < 1.29 is 9.53 Å². The van der Waals surface area contributed by atoms with E-state index >= 15 is 0 Å². The van der Waals surface area contributed by atoms with Crippen molar-refractivity contribution in [2.24, 2.45) is 0 Å². The number of benzene rings is 2. The summed E-state index contributed by atoms with van der Waals surface area (Å²) in [7, 11) is 0. The van der Waals surface area contributed by atoms with Crippen LogP contribution < -0.4 is 21.5 Å². The van der Waals surface area contributed by atoms with E-state index in [-0.39, 0.29) is 29.5 Å². The number of imidazole rings is 1. The van der Waals surface area contributed by atoms with E-state index < -0.39 is 0 Å². The summed E-state index contributed by atoms with van der Waals surface area (Å²) in [5, 5.41) is 2.88. The van der Waals surface area contributed by atoms with Crippen molar-refractivity contribution in [1.29, 1.82) is 0 Å². The molecular weight excluding hydrogens is 418 g/mol. The molecule has 0 radical (unpaired) electrons. The number of rotatable bonds is 6. The maximum Gasteiger partial charge on any atom is 0.334 e. The summed E-state index contributed by atoms with van der Waals surface area (Å²) in [4.78, 5) is 29.3. The van der Waals surface area contributed by atoms with Crippen LogP contribution in [0, 0.1) is 0 Å². The van der Waals surface area contributed by atoms with Crippen LogP contribution in [0.1, 0.15) is 18.9 Å². The van der Waals surface area contributed by atoms with Crippen LogP contribution >= 0.6 is 0 Å². The maximum atomic E-state index is 13.5. The highest BCUT2D eigenvalue weighted by Gasteiger charge is 2.34. The minimum absolute atomic E-state index is 0.0133. The molecule has 1 amide bonds. The smallest absolute Gasteiger partial charge is 0.334 e. The molecule has 3 N–H and O–H groups in total. The molecule has 2 aromatic heterocycles. The van der Waals surface area contributed by atoms with Crippen LogP contribution in [0.15, 0.2) is 84.3 Å². The van der Waals surface area contributed by atoms with Gasteiger partial charge < -0.3 is 15.8 Å². The predicted molar refractivity (Wildman–Crippen MR) is 127 cm³/mol. The molecule has 0 unspecified atom stereocenters. The first-order valence-electron chi connectivity index (χ1n) is 10.7. The van der Waals surface area contributed by atoms with E-state index in [2.05, 4.69) is 16.9 Å². The van der Waals surface area contributed by atoms with Gasteiger partial charge in [-0.15, -0.1) is 0 Å².